The van der Waals surface area contributed by atoms with Crippen LogP contribution in [0.3, 0.4) is 0 Å². The van der Waals surface area contributed by atoms with E-state index in [-0.39, 0.29) is 17.5 Å². The van der Waals surface area contributed by atoms with Gasteiger partial charge in [-0.15, -0.1) is 0 Å². The number of rotatable bonds is 2. The molecule has 0 radical (unpaired) electrons. The number of carbonyl (C=O) groups is 1. The lowest BCUT2D eigenvalue weighted by Gasteiger charge is -2.39. The highest BCUT2D eigenvalue weighted by molar-refractivity contribution is 6.30. The Hall–Kier alpha value is -1.26. The first-order chi connectivity index (χ1) is 8.97. The SMILES string of the molecule is CC1(C)CNCCC1NC(=O)Nc1cccc(Cl)c1. The molecule has 0 aliphatic carbocycles. The Morgan fingerprint density at radius 1 is 1.47 bits per heavy atom. The molecule has 4 nitrogen and oxygen atoms in total. The van der Waals surface area contributed by atoms with Crippen molar-refractivity contribution < 1.29 is 4.79 Å². The van der Waals surface area contributed by atoms with Gasteiger partial charge in [0.05, 0.1) is 0 Å². The largest absolute Gasteiger partial charge is 0.335 e. The van der Waals surface area contributed by atoms with E-state index in [1.165, 1.54) is 0 Å². The van der Waals surface area contributed by atoms with E-state index in [1.54, 1.807) is 12.1 Å². The van der Waals surface area contributed by atoms with Crippen LogP contribution in [0.5, 0.6) is 0 Å². The maximum atomic E-state index is 12.0. The Labute approximate surface area is 118 Å². The zero-order valence-corrected chi connectivity index (χ0v) is 12.1. The predicted octanol–water partition coefficient (Wildman–Crippen LogP) is 2.85. The van der Waals surface area contributed by atoms with Gasteiger partial charge in [-0.1, -0.05) is 31.5 Å². The summed E-state index contributed by atoms with van der Waals surface area (Å²) >= 11 is 5.89. The summed E-state index contributed by atoms with van der Waals surface area (Å²) in [5.74, 6) is 0. The van der Waals surface area contributed by atoms with E-state index in [0.717, 1.165) is 19.5 Å². The fraction of sp³-hybridized carbons (Fsp3) is 0.500. The molecule has 19 heavy (non-hydrogen) atoms. The molecule has 2 rings (SSSR count). The number of anilines is 1. The minimum Gasteiger partial charge on any atom is -0.335 e. The van der Waals surface area contributed by atoms with Crippen LogP contribution in [0, 0.1) is 5.41 Å². The Kier molecular flexibility index (Phi) is 4.32. The summed E-state index contributed by atoms with van der Waals surface area (Å²) in [6.07, 6.45) is 0.940. The maximum absolute atomic E-state index is 12.0. The number of piperidine rings is 1. The highest BCUT2D eigenvalue weighted by atomic mass is 35.5. The van der Waals surface area contributed by atoms with Crippen molar-refractivity contribution in [2.24, 2.45) is 5.41 Å². The third kappa shape index (κ3) is 3.85. The molecule has 2 amide bonds. The zero-order valence-electron chi connectivity index (χ0n) is 11.3. The van der Waals surface area contributed by atoms with E-state index >= 15 is 0 Å². The Bertz CT molecular complexity index is 462. The van der Waals surface area contributed by atoms with E-state index in [2.05, 4.69) is 29.8 Å². The summed E-state index contributed by atoms with van der Waals surface area (Å²) in [4.78, 5) is 12.0. The molecule has 5 heteroatoms. The summed E-state index contributed by atoms with van der Waals surface area (Å²) in [7, 11) is 0. The zero-order chi connectivity index (χ0) is 13.9. The second-order valence-electron chi connectivity index (χ2n) is 5.62. The van der Waals surface area contributed by atoms with Crippen LogP contribution >= 0.6 is 11.6 Å². The topological polar surface area (TPSA) is 53.2 Å². The first-order valence-corrected chi connectivity index (χ1v) is 6.89. The fourth-order valence-corrected chi connectivity index (χ4v) is 2.52. The number of hydrogen-bond acceptors (Lipinski definition) is 2. The summed E-state index contributed by atoms with van der Waals surface area (Å²) in [5.41, 5.74) is 0.765. The van der Waals surface area contributed by atoms with Gasteiger partial charge in [-0.05, 0) is 36.6 Å². The van der Waals surface area contributed by atoms with E-state index in [4.69, 9.17) is 11.6 Å². The molecule has 1 saturated heterocycles. The smallest absolute Gasteiger partial charge is 0.319 e. The van der Waals surface area contributed by atoms with Crippen molar-refractivity contribution >= 4 is 23.3 Å². The van der Waals surface area contributed by atoms with Gasteiger partial charge >= 0.3 is 6.03 Å². The minimum absolute atomic E-state index is 0.0594. The van der Waals surface area contributed by atoms with Gasteiger partial charge in [-0.2, -0.15) is 0 Å². The quantitative estimate of drug-likeness (QED) is 0.781. The van der Waals surface area contributed by atoms with Gasteiger partial charge < -0.3 is 16.0 Å². The van der Waals surface area contributed by atoms with Gasteiger partial charge in [0.1, 0.15) is 0 Å². The third-order valence-electron chi connectivity index (χ3n) is 3.52. The number of halogens is 1. The van der Waals surface area contributed by atoms with Crippen molar-refractivity contribution in [1.82, 2.24) is 10.6 Å². The molecule has 1 aliphatic rings. The van der Waals surface area contributed by atoms with E-state index in [0.29, 0.717) is 10.7 Å². The molecule has 1 aromatic carbocycles. The average molecular weight is 282 g/mol. The highest BCUT2D eigenvalue weighted by Gasteiger charge is 2.33. The number of nitrogens with one attached hydrogen (secondary N) is 3. The van der Waals surface area contributed by atoms with Gasteiger partial charge in [-0.25, -0.2) is 4.79 Å². The van der Waals surface area contributed by atoms with Crippen molar-refractivity contribution in [3.8, 4) is 0 Å². The molecule has 0 saturated carbocycles. The molecule has 1 atom stereocenters. The number of carbonyl (C=O) groups excluding carboxylic acids is 1. The van der Waals surface area contributed by atoms with Gasteiger partial charge in [0.15, 0.2) is 0 Å². The van der Waals surface area contributed by atoms with Crippen LogP contribution in [0.15, 0.2) is 24.3 Å². The van der Waals surface area contributed by atoms with Crippen LogP contribution < -0.4 is 16.0 Å². The van der Waals surface area contributed by atoms with Crippen molar-refractivity contribution in [1.29, 1.82) is 0 Å². The molecule has 1 unspecified atom stereocenters. The molecule has 0 spiro atoms. The van der Waals surface area contributed by atoms with Crippen LogP contribution in [0.1, 0.15) is 20.3 Å². The molecule has 104 valence electrons. The van der Waals surface area contributed by atoms with Crippen LogP contribution in [-0.4, -0.2) is 25.2 Å². The van der Waals surface area contributed by atoms with Gasteiger partial charge in [-0.3, -0.25) is 0 Å². The van der Waals surface area contributed by atoms with Crippen molar-refractivity contribution in [3.63, 3.8) is 0 Å². The molecule has 1 heterocycles. The van der Waals surface area contributed by atoms with E-state index in [9.17, 15) is 4.79 Å². The summed E-state index contributed by atoms with van der Waals surface area (Å²) in [6, 6.07) is 7.14. The molecule has 1 aliphatic heterocycles. The highest BCUT2D eigenvalue weighted by Crippen LogP contribution is 2.25. The first kappa shape index (κ1) is 14.2. The molecule has 3 N–H and O–H groups in total. The summed E-state index contributed by atoms with van der Waals surface area (Å²) < 4.78 is 0. The van der Waals surface area contributed by atoms with Crippen molar-refractivity contribution in [2.45, 2.75) is 26.3 Å². The molecular weight excluding hydrogens is 262 g/mol. The summed E-state index contributed by atoms with van der Waals surface area (Å²) in [5, 5.41) is 9.81. The molecule has 1 aromatic rings. The standard InChI is InChI=1S/C14H20ClN3O/c1-14(2)9-16-7-6-12(14)18-13(19)17-11-5-3-4-10(15)8-11/h3-5,8,12,16H,6-7,9H2,1-2H3,(H2,17,18,19). The lowest BCUT2D eigenvalue weighted by molar-refractivity contribution is 0.184. The lowest BCUT2D eigenvalue weighted by Crippen LogP contribution is -2.55. The molecule has 0 aromatic heterocycles. The third-order valence-corrected chi connectivity index (χ3v) is 3.76. The molecule has 1 fully saturated rings. The number of amides is 2. The van der Waals surface area contributed by atoms with Gasteiger partial charge in [0, 0.05) is 23.3 Å². The van der Waals surface area contributed by atoms with Gasteiger partial charge in [0.25, 0.3) is 0 Å². The number of urea groups is 1. The lowest BCUT2D eigenvalue weighted by atomic mass is 9.80. The van der Waals surface area contributed by atoms with Crippen LogP contribution in [-0.2, 0) is 0 Å². The van der Waals surface area contributed by atoms with E-state index < -0.39 is 0 Å². The molecular formula is C14H20ClN3O. The average Bonchev–Trinajstić information content (AvgIpc) is 2.32. The fourth-order valence-electron chi connectivity index (χ4n) is 2.33. The van der Waals surface area contributed by atoms with Crippen LogP contribution in [0.25, 0.3) is 0 Å². The van der Waals surface area contributed by atoms with Gasteiger partial charge in [0.2, 0.25) is 0 Å². The molecule has 0 bridgehead atoms. The predicted molar refractivity (Wildman–Crippen MR) is 78.7 cm³/mol. The minimum atomic E-state index is -0.178. The Morgan fingerprint density at radius 2 is 2.26 bits per heavy atom. The maximum Gasteiger partial charge on any atom is 0.319 e. The second-order valence-corrected chi connectivity index (χ2v) is 6.05. The second kappa shape index (κ2) is 5.80. The number of hydrogen-bond donors (Lipinski definition) is 3. The monoisotopic (exact) mass is 281 g/mol. The van der Waals surface area contributed by atoms with Crippen molar-refractivity contribution in [3.05, 3.63) is 29.3 Å². The first-order valence-electron chi connectivity index (χ1n) is 6.51. The van der Waals surface area contributed by atoms with Crippen LogP contribution in [0.4, 0.5) is 10.5 Å². The Balaban J connectivity index is 1.94. The van der Waals surface area contributed by atoms with Crippen LogP contribution in [0.2, 0.25) is 5.02 Å². The normalized spacial score (nSPS) is 21.7. The van der Waals surface area contributed by atoms with Crippen molar-refractivity contribution in [2.75, 3.05) is 18.4 Å². The summed E-state index contributed by atoms with van der Waals surface area (Å²) in [6.45, 7) is 6.16. The van der Waals surface area contributed by atoms with E-state index in [1.807, 2.05) is 12.1 Å². The number of benzene rings is 1. The Morgan fingerprint density at radius 3 is 2.95 bits per heavy atom.